The highest BCUT2D eigenvalue weighted by atomic mass is 16.8. The summed E-state index contributed by atoms with van der Waals surface area (Å²) in [6.07, 6.45) is -8.33. The van der Waals surface area contributed by atoms with E-state index in [2.05, 4.69) is 0 Å². The van der Waals surface area contributed by atoms with E-state index in [1.54, 1.807) is 0 Å². The third-order valence-electron chi connectivity index (χ3n) is 2.92. The first-order valence-corrected chi connectivity index (χ1v) is 5.80. The Morgan fingerprint density at radius 1 is 1.00 bits per heavy atom. The number of carboxylic acid groups (broad SMARTS) is 2. The van der Waals surface area contributed by atoms with Gasteiger partial charge < -0.3 is 39.4 Å². The number of hydrogen-bond acceptors (Lipinski definition) is 8. The number of carboxylic acids is 2. The first-order valence-electron chi connectivity index (χ1n) is 5.80. The lowest BCUT2D eigenvalue weighted by Gasteiger charge is -2.32. The minimum atomic E-state index is -1.99. The van der Waals surface area contributed by atoms with Crippen molar-refractivity contribution in [1.29, 1.82) is 0 Å². The number of aliphatic hydroxyl groups is 2. The minimum Gasteiger partial charge on any atom is -0.477 e. The standard InChI is InChI=1S/C10H14O10/c11-6(12)5-4(19-10(20-5)8(15)16)3-1-2-17-9(18-3)7(13)14/h3-6,9-12H,1-2H2,(H,13,14)(H,15,16). The van der Waals surface area contributed by atoms with Crippen molar-refractivity contribution < 1.29 is 49.0 Å². The van der Waals surface area contributed by atoms with E-state index in [1.807, 2.05) is 0 Å². The Balaban J connectivity index is 2.08. The van der Waals surface area contributed by atoms with Crippen molar-refractivity contribution in [1.82, 2.24) is 0 Å². The molecule has 2 aliphatic heterocycles. The number of hydrogen-bond donors (Lipinski definition) is 4. The third-order valence-corrected chi connectivity index (χ3v) is 2.92. The molecule has 0 saturated carbocycles. The van der Waals surface area contributed by atoms with Crippen LogP contribution in [0, 0.1) is 0 Å². The van der Waals surface area contributed by atoms with Crippen LogP contribution < -0.4 is 0 Å². The number of aliphatic carboxylic acids is 2. The van der Waals surface area contributed by atoms with Crippen LogP contribution in [0.1, 0.15) is 6.42 Å². The number of aliphatic hydroxyl groups excluding tert-OH is 1. The molecule has 2 rings (SSSR count). The zero-order chi connectivity index (χ0) is 14.9. The molecule has 4 N–H and O–H groups in total. The first kappa shape index (κ1) is 15.1. The third kappa shape index (κ3) is 3.06. The van der Waals surface area contributed by atoms with Gasteiger partial charge in [0.05, 0.1) is 12.7 Å². The summed E-state index contributed by atoms with van der Waals surface area (Å²) in [6.45, 7) is 0.0491. The average Bonchev–Trinajstić information content (AvgIpc) is 2.84. The van der Waals surface area contributed by atoms with Gasteiger partial charge in [0.15, 0.2) is 6.29 Å². The van der Waals surface area contributed by atoms with Crippen molar-refractivity contribution in [2.24, 2.45) is 0 Å². The Bertz CT molecular complexity index is 382. The smallest absolute Gasteiger partial charge is 0.361 e. The zero-order valence-corrected chi connectivity index (χ0v) is 10.1. The minimum absolute atomic E-state index is 0.0491. The summed E-state index contributed by atoms with van der Waals surface area (Å²) in [5.74, 6) is -2.77. The van der Waals surface area contributed by atoms with E-state index >= 15 is 0 Å². The molecule has 2 aliphatic rings. The van der Waals surface area contributed by atoms with Crippen molar-refractivity contribution >= 4 is 11.9 Å². The van der Waals surface area contributed by atoms with E-state index in [9.17, 15) is 19.8 Å². The first-order chi connectivity index (χ1) is 9.40. The lowest BCUT2D eigenvalue weighted by molar-refractivity contribution is -0.246. The summed E-state index contributed by atoms with van der Waals surface area (Å²) in [6, 6.07) is 0. The largest absolute Gasteiger partial charge is 0.477 e. The second kappa shape index (κ2) is 5.99. The highest BCUT2D eigenvalue weighted by Crippen LogP contribution is 2.29. The summed E-state index contributed by atoms with van der Waals surface area (Å²) in [5, 5.41) is 36.0. The summed E-state index contributed by atoms with van der Waals surface area (Å²) in [7, 11) is 0. The van der Waals surface area contributed by atoms with Gasteiger partial charge in [0, 0.05) is 0 Å². The van der Waals surface area contributed by atoms with Gasteiger partial charge in [-0.05, 0) is 6.42 Å². The summed E-state index contributed by atoms with van der Waals surface area (Å²) in [5.41, 5.74) is 0. The normalized spacial score (nSPS) is 38.0. The Morgan fingerprint density at radius 2 is 1.65 bits per heavy atom. The molecule has 5 atom stereocenters. The second-order valence-corrected chi connectivity index (χ2v) is 4.29. The quantitative estimate of drug-likeness (QED) is 0.417. The number of rotatable bonds is 4. The summed E-state index contributed by atoms with van der Waals surface area (Å²) < 4.78 is 19.8. The van der Waals surface area contributed by atoms with Crippen LogP contribution in [-0.2, 0) is 28.5 Å². The number of carbonyl (C=O) groups is 2. The van der Waals surface area contributed by atoms with E-state index in [4.69, 9.17) is 29.2 Å². The van der Waals surface area contributed by atoms with Crippen molar-refractivity contribution in [3.63, 3.8) is 0 Å². The molecule has 0 aromatic heterocycles. The second-order valence-electron chi connectivity index (χ2n) is 4.29. The summed E-state index contributed by atoms with van der Waals surface area (Å²) >= 11 is 0. The lowest BCUT2D eigenvalue weighted by Crippen LogP contribution is -2.49. The van der Waals surface area contributed by atoms with Gasteiger partial charge in [-0.1, -0.05) is 0 Å². The van der Waals surface area contributed by atoms with Crippen LogP contribution >= 0.6 is 0 Å². The average molecular weight is 294 g/mol. The molecule has 2 fully saturated rings. The Labute approximate surface area is 112 Å². The van der Waals surface area contributed by atoms with E-state index in [0.29, 0.717) is 0 Å². The molecule has 0 amide bonds. The van der Waals surface area contributed by atoms with Gasteiger partial charge in [-0.15, -0.1) is 0 Å². The molecule has 20 heavy (non-hydrogen) atoms. The summed E-state index contributed by atoms with van der Waals surface area (Å²) in [4.78, 5) is 21.6. The molecule has 0 radical (unpaired) electrons. The monoisotopic (exact) mass is 294 g/mol. The highest BCUT2D eigenvalue weighted by Gasteiger charge is 2.49. The van der Waals surface area contributed by atoms with Crippen LogP contribution in [-0.4, -0.2) is 76.2 Å². The maximum absolute atomic E-state index is 10.8. The fourth-order valence-corrected chi connectivity index (χ4v) is 2.06. The molecule has 114 valence electrons. The van der Waals surface area contributed by atoms with Gasteiger partial charge >= 0.3 is 11.9 Å². The fourth-order valence-electron chi connectivity index (χ4n) is 2.06. The topological polar surface area (TPSA) is 152 Å². The molecule has 0 spiro atoms. The molecule has 10 nitrogen and oxygen atoms in total. The van der Waals surface area contributed by atoms with E-state index < -0.39 is 49.1 Å². The van der Waals surface area contributed by atoms with Gasteiger partial charge in [-0.3, -0.25) is 0 Å². The maximum Gasteiger partial charge on any atom is 0.361 e. The Kier molecular flexibility index (Phi) is 4.52. The molecule has 2 saturated heterocycles. The molecule has 0 aliphatic carbocycles. The van der Waals surface area contributed by atoms with Crippen molar-refractivity contribution in [3.8, 4) is 0 Å². The van der Waals surface area contributed by atoms with Gasteiger partial charge in [-0.2, -0.15) is 0 Å². The molecular weight excluding hydrogens is 280 g/mol. The van der Waals surface area contributed by atoms with Crippen LogP contribution in [0.3, 0.4) is 0 Å². The van der Waals surface area contributed by atoms with Crippen LogP contribution in [0.5, 0.6) is 0 Å². The van der Waals surface area contributed by atoms with Gasteiger partial charge in [0.1, 0.15) is 12.2 Å². The highest BCUT2D eigenvalue weighted by molar-refractivity contribution is 5.71. The van der Waals surface area contributed by atoms with E-state index in [0.717, 1.165) is 0 Å². The van der Waals surface area contributed by atoms with Gasteiger partial charge in [-0.25, -0.2) is 9.59 Å². The number of ether oxygens (including phenoxy) is 4. The fraction of sp³-hybridized carbons (Fsp3) is 0.800. The molecule has 10 heteroatoms. The van der Waals surface area contributed by atoms with E-state index in [1.165, 1.54) is 0 Å². The Morgan fingerprint density at radius 3 is 2.20 bits per heavy atom. The zero-order valence-electron chi connectivity index (χ0n) is 10.1. The molecule has 0 aromatic carbocycles. The van der Waals surface area contributed by atoms with Crippen molar-refractivity contribution in [2.45, 2.75) is 43.6 Å². The molecule has 2 heterocycles. The predicted octanol–water partition coefficient (Wildman–Crippen LogP) is -2.29. The maximum atomic E-state index is 10.8. The van der Waals surface area contributed by atoms with Crippen LogP contribution in [0.15, 0.2) is 0 Å². The van der Waals surface area contributed by atoms with Crippen molar-refractivity contribution in [3.05, 3.63) is 0 Å². The SMILES string of the molecule is O=C(O)C1OCCC(C2OC(C(=O)O)OC2C(O)O)O1. The van der Waals surface area contributed by atoms with Crippen LogP contribution in [0.4, 0.5) is 0 Å². The van der Waals surface area contributed by atoms with Gasteiger partial charge in [0.2, 0.25) is 0 Å². The molecule has 0 bridgehead atoms. The molecule has 5 unspecified atom stereocenters. The molecule has 0 aromatic rings. The van der Waals surface area contributed by atoms with Gasteiger partial charge in [0.25, 0.3) is 12.6 Å². The molecular formula is C10H14O10. The van der Waals surface area contributed by atoms with Crippen LogP contribution in [0.25, 0.3) is 0 Å². The Hall–Kier alpha value is -1.30. The van der Waals surface area contributed by atoms with Crippen LogP contribution in [0.2, 0.25) is 0 Å². The van der Waals surface area contributed by atoms with E-state index in [-0.39, 0.29) is 13.0 Å². The predicted molar refractivity (Wildman–Crippen MR) is 56.3 cm³/mol. The van der Waals surface area contributed by atoms with Crippen molar-refractivity contribution in [2.75, 3.05) is 6.61 Å². The lowest BCUT2D eigenvalue weighted by atomic mass is 10.0.